The Hall–Kier alpha value is -2.85. The Bertz CT molecular complexity index is 706. The largest absolute Gasteiger partial charge is 0.478 e. The zero-order chi connectivity index (χ0) is 12.4. The van der Waals surface area contributed by atoms with Crippen molar-refractivity contribution in [2.24, 2.45) is 0 Å². The lowest BCUT2D eigenvalue weighted by Crippen LogP contribution is -2.02. The highest BCUT2D eigenvalue weighted by Crippen LogP contribution is 2.25. The molecular formula is C13H6N2O2. The Balaban J connectivity index is 3.02. The van der Waals surface area contributed by atoms with Crippen LogP contribution in [0, 0.1) is 22.7 Å². The molecule has 0 saturated carbocycles. The Morgan fingerprint density at radius 3 is 2.29 bits per heavy atom. The molecule has 0 aliphatic heterocycles. The summed E-state index contributed by atoms with van der Waals surface area (Å²) < 4.78 is 0. The molecule has 0 fully saturated rings. The molecule has 0 aliphatic rings. The molecule has 0 unspecified atom stereocenters. The highest BCUT2D eigenvalue weighted by Gasteiger charge is 2.16. The maximum atomic E-state index is 11.0. The lowest BCUT2D eigenvalue weighted by molar-refractivity contribution is 0.0696. The molecule has 2 aromatic carbocycles. The van der Waals surface area contributed by atoms with Gasteiger partial charge in [0.15, 0.2) is 0 Å². The molecule has 0 radical (unpaired) electrons. The van der Waals surface area contributed by atoms with Gasteiger partial charge in [-0.3, -0.25) is 0 Å². The molecule has 4 heteroatoms. The minimum absolute atomic E-state index is 0.0899. The van der Waals surface area contributed by atoms with E-state index in [0.717, 1.165) is 0 Å². The highest BCUT2D eigenvalue weighted by atomic mass is 16.4. The van der Waals surface area contributed by atoms with Crippen molar-refractivity contribution in [3.63, 3.8) is 0 Å². The van der Waals surface area contributed by atoms with E-state index >= 15 is 0 Å². The zero-order valence-electron chi connectivity index (χ0n) is 8.64. The molecule has 0 spiro atoms. The van der Waals surface area contributed by atoms with Crippen LogP contribution in [0.25, 0.3) is 10.8 Å². The molecule has 80 valence electrons. The van der Waals surface area contributed by atoms with Crippen LogP contribution in [0.15, 0.2) is 30.3 Å². The Morgan fingerprint density at radius 2 is 1.76 bits per heavy atom. The van der Waals surface area contributed by atoms with Crippen molar-refractivity contribution in [1.82, 2.24) is 0 Å². The van der Waals surface area contributed by atoms with Gasteiger partial charge in [0.25, 0.3) is 0 Å². The topological polar surface area (TPSA) is 84.9 Å². The van der Waals surface area contributed by atoms with Gasteiger partial charge in [0.1, 0.15) is 6.07 Å². The average Bonchev–Trinajstić information content (AvgIpc) is 2.36. The molecule has 4 nitrogen and oxygen atoms in total. The highest BCUT2D eigenvalue weighted by molar-refractivity contribution is 6.02. The van der Waals surface area contributed by atoms with Gasteiger partial charge in [0.05, 0.1) is 22.8 Å². The minimum atomic E-state index is -1.20. The first-order valence-electron chi connectivity index (χ1n) is 4.78. The van der Waals surface area contributed by atoms with E-state index in [-0.39, 0.29) is 16.7 Å². The van der Waals surface area contributed by atoms with E-state index in [2.05, 4.69) is 0 Å². The summed E-state index contributed by atoms with van der Waals surface area (Å²) >= 11 is 0. The molecule has 0 atom stereocenters. The summed E-state index contributed by atoms with van der Waals surface area (Å²) in [6.45, 7) is 0. The second-order valence-electron chi connectivity index (χ2n) is 3.42. The maximum Gasteiger partial charge on any atom is 0.337 e. The van der Waals surface area contributed by atoms with Crippen LogP contribution >= 0.6 is 0 Å². The number of nitriles is 2. The van der Waals surface area contributed by atoms with E-state index in [9.17, 15) is 4.79 Å². The first-order valence-corrected chi connectivity index (χ1v) is 4.78. The number of nitrogens with zero attached hydrogens (tertiary/aromatic N) is 2. The van der Waals surface area contributed by atoms with E-state index in [4.69, 9.17) is 15.6 Å². The van der Waals surface area contributed by atoms with Gasteiger partial charge >= 0.3 is 5.97 Å². The summed E-state index contributed by atoms with van der Waals surface area (Å²) in [6.07, 6.45) is 0. The summed E-state index contributed by atoms with van der Waals surface area (Å²) in [4.78, 5) is 11.0. The quantitative estimate of drug-likeness (QED) is 0.802. The Labute approximate surface area is 96.9 Å². The monoisotopic (exact) mass is 222 g/mol. The van der Waals surface area contributed by atoms with Crippen LogP contribution in [0.5, 0.6) is 0 Å². The van der Waals surface area contributed by atoms with E-state index in [1.165, 1.54) is 6.07 Å². The van der Waals surface area contributed by atoms with Crippen LogP contribution in [-0.4, -0.2) is 11.1 Å². The van der Waals surface area contributed by atoms with E-state index in [1.54, 1.807) is 24.3 Å². The molecule has 0 heterocycles. The first kappa shape index (κ1) is 10.7. The van der Waals surface area contributed by atoms with Gasteiger partial charge in [-0.15, -0.1) is 0 Å². The third-order valence-electron chi connectivity index (χ3n) is 2.51. The van der Waals surface area contributed by atoms with Gasteiger partial charge in [-0.2, -0.15) is 10.5 Å². The van der Waals surface area contributed by atoms with Gasteiger partial charge in [-0.25, -0.2) is 4.79 Å². The minimum Gasteiger partial charge on any atom is -0.478 e. The van der Waals surface area contributed by atoms with Crippen molar-refractivity contribution in [1.29, 1.82) is 10.5 Å². The van der Waals surface area contributed by atoms with Crippen molar-refractivity contribution in [2.45, 2.75) is 0 Å². The zero-order valence-corrected chi connectivity index (χ0v) is 8.64. The Kier molecular flexibility index (Phi) is 2.48. The Morgan fingerprint density at radius 1 is 1.12 bits per heavy atom. The van der Waals surface area contributed by atoms with E-state index in [1.807, 2.05) is 12.1 Å². The van der Waals surface area contributed by atoms with Gasteiger partial charge in [0.2, 0.25) is 0 Å². The number of hydrogen-bond donors (Lipinski definition) is 1. The maximum absolute atomic E-state index is 11.0. The molecule has 2 rings (SSSR count). The SMILES string of the molecule is N#Cc1cc(C(=O)O)c(C#N)c2ccccc12. The van der Waals surface area contributed by atoms with Crippen molar-refractivity contribution in [3.8, 4) is 12.1 Å². The smallest absolute Gasteiger partial charge is 0.337 e. The number of carbonyl (C=O) groups is 1. The van der Waals surface area contributed by atoms with Crippen LogP contribution in [0.1, 0.15) is 21.5 Å². The molecule has 0 aromatic heterocycles. The molecule has 2 aromatic rings. The van der Waals surface area contributed by atoms with E-state index < -0.39 is 5.97 Å². The van der Waals surface area contributed by atoms with Gasteiger partial charge < -0.3 is 5.11 Å². The number of benzene rings is 2. The summed E-state index contributed by atoms with van der Waals surface area (Å²) in [5.41, 5.74) is 0.215. The normalized spacial score (nSPS) is 9.53. The lowest BCUT2D eigenvalue weighted by atomic mass is 9.96. The third-order valence-corrected chi connectivity index (χ3v) is 2.51. The van der Waals surface area contributed by atoms with Crippen molar-refractivity contribution in [3.05, 3.63) is 47.0 Å². The van der Waals surface area contributed by atoms with Crippen LogP contribution in [0.4, 0.5) is 0 Å². The van der Waals surface area contributed by atoms with Crippen molar-refractivity contribution in [2.75, 3.05) is 0 Å². The van der Waals surface area contributed by atoms with Gasteiger partial charge in [-0.05, 0) is 6.07 Å². The average molecular weight is 222 g/mol. The van der Waals surface area contributed by atoms with Crippen LogP contribution in [-0.2, 0) is 0 Å². The van der Waals surface area contributed by atoms with Gasteiger partial charge in [-0.1, -0.05) is 24.3 Å². The lowest BCUT2D eigenvalue weighted by Gasteiger charge is -2.05. The number of carboxylic acids is 1. The van der Waals surface area contributed by atoms with E-state index in [0.29, 0.717) is 10.8 Å². The number of aromatic carboxylic acids is 1. The molecule has 0 bridgehead atoms. The number of rotatable bonds is 1. The van der Waals surface area contributed by atoms with Crippen LogP contribution in [0.2, 0.25) is 0 Å². The fraction of sp³-hybridized carbons (Fsp3) is 0. The molecule has 0 amide bonds. The molecule has 17 heavy (non-hydrogen) atoms. The van der Waals surface area contributed by atoms with Crippen molar-refractivity contribution >= 4 is 16.7 Å². The first-order chi connectivity index (χ1) is 8.19. The standard InChI is InChI=1S/C13H6N2O2/c14-6-8-5-11(13(16)17)12(7-15)10-4-2-1-3-9(8)10/h1-5H,(H,16,17). The molecular weight excluding hydrogens is 216 g/mol. The number of carboxylic acid groups (broad SMARTS) is 1. The van der Waals surface area contributed by atoms with Crippen LogP contribution in [0.3, 0.4) is 0 Å². The van der Waals surface area contributed by atoms with Crippen LogP contribution < -0.4 is 0 Å². The number of hydrogen-bond acceptors (Lipinski definition) is 3. The fourth-order valence-electron chi connectivity index (χ4n) is 1.76. The predicted molar refractivity (Wildman–Crippen MR) is 60.3 cm³/mol. The van der Waals surface area contributed by atoms with Gasteiger partial charge in [0, 0.05) is 10.8 Å². The predicted octanol–water partition coefficient (Wildman–Crippen LogP) is 2.28. The second kappa shape index (κ2) is 3.96. The summed E-state index contributed by atoms with van der Waals surface area (Å²) in [6, 6.07) is 11.8. The second-order valence-corrected chi connectivity index (χ2v) is 3.42. The summed E-state index contributed by atoms with van der Waals surface area (Å²) in [7, 11) is 0. The summed E-state index contributed by atoms with van der Waals surface area (Å²) in [5, 5.41) is 28.1. The number of fused-ring (bicyclic) bond motifs is 1. The molecule has 1 N–H and O–H groups in total. The molecule has 0 aliphatic carbocycles. The fourth-order valence-corrected chi connectivity index (χ4v) is 1.76. The summed E-state index contributed by atoms with van der Waals surface area (Å²) in [5.74, 6) is -1.20. The molecule has 0 saturated heterocycles. The third kappa shape index (κ3) is 1.58. The van der Waals surface area contributed by atoms with Crippen molar-refractivity contribution < 1.29 is 9.90 Å².